The predicted octanol–water partition coefficient (Wildman–Crippen LogP) is 4.72. The molecule has 0 bridgehead atoms. The van der Waals surface area contributed by atoms with Crippen LogP contribution in [-0.4, -0.2) is 6.54 Å². The normalized spacial score (nSPS) is 19.6. The summed E-state index contributed by atoms with van der Waals surface area (Å²) in [6.45, 7) is 3.36. The van der Waals surface area contributed by atoms with Gasteiger partial charge >= 0.3 is 0 Å². The minimum Gasteiger partial charge on any atom is -0.307 e. The summed E-state index contributed by atoms with van der Waals surface area (Å²) in [5, 5.41) is 3.78. The third-order valence-corrected chi connectivity index (χ3v) is 4.75. The first-order valence-corrected chi connectivity index (χ1v) is 8.42. The van der Waals surface area contributed by atoms with Crippen LogP contribution < -0.4 is 5.32 Å². The second-order valence-electron chi connectivity index (χ2n) is 6.29. The van der Waals surface area contributed by atoms with Crippen molar-refractivity contribution in [3.05, 3.63) is 46.5 Å². The molecule has 0 saturated carbocycles. The number of hydrogen-bond donors (Lipinski definition) is 1. The number of fused-ring (bicyclic) bond motifs is 1. The fraction of sp³-hybridized carbons (Fsp3) is 0.579. The van der Waals surface area contributed by atoms with Crippen LogP contribution in [0.25, 0.3) is 0 Å². The SMILES string of the molecule is CCCNC(C1=CCCCC1)c1ccc2c(c1)CCC2. The van der Waals surface area contributed by atoms with Gasteiger partial charge < -0.3 is 5.32 Å². The second kappa shape index (κ2) is 6.58. The molecule has 0 aliphatic heterocycles. The smallest absolute Gasteiger partial charge is 0.0536 e. The quantitative estimate of drug-likeness (QED) is 0.763. The number of aryl methyl sites for hydroxylation is 2. The highest BCUT2D eigenvalue weighted by molar-refractivity contribution is 5.39. The average molecular weight is 269 g/mol. The Morgan fingerprint density at radius 1 is 1.05 bits per heavy atom. The molecule has 1 heteroatoms. The lowest BCUT2D eigenvalue weighted by molar-refractivity contribution is 0.546. The predicted molar refractivity (Wildman–Crippen MR) is 86.1 cm³/mol. The van der Waals surface area contributed by atoms with E-state index in [1.165, 1.54) is 56.9 Å². The van der Waals surface area contributed by atoms with Gasteiger partial charge in [0.05, 0.1) is 6.04 Å². The topological polar surface area (TPSA) is 12.0 Å². The molecule has 0 spiro atoms. The fourth-order valence-corrected chi connectivity index (χ4v) is 3.65. The van der Waals surface area contributed by atoms with Crippen LogP contribution in [0.2, 0.25) is 0 Å². The molecule has 0 radical (unpaired) electrons. The zero-order valence-corrected chi connectivity index (χ0v) is 12.8. The zero-order chi connectivity index (χ0) is 13.8. The molecule has 3 rings (SSSR count). The van der Waals surface area contributed by atoms with E-state index in [0.29, 0.717) is 6.04 Å². The summed E-state index contributed by atoms with van der Waals surface area (Å²) in [4.78, 5) is 0. The van der Waals surface area contributed by atoms with Gasteiger partial charge in [-0.3, -0.25) is 0 Å². The molecular formula is C19H27N. The van der Waals surface area contributed by atoms with Crippen LogP contribution in [0.1, 0.15) is 68.2 Å². The lowest BCUT2D eigenvalue weighted by atomic mass is 9.88. The van der Waals surface area contributed by atoms with Crippen LogP contribution in [0.15, 0.2) is 29.8 Å². The summed E-state index contributed by atoms with van der Waals surface area (Å²) < 4.78 is 0. The molecule has 2 aliphatic carbocycles. The highest BCUT2D eigenvalue weighted by atomic mass is 14.9. The first-order chi connectivity index (χ1) is 9.88. The first-order valence-electron chi connectivity index (χ1n) is 8.42. The molecule has 1 atom stereocenters. The number of benzene rings is 1. The third-order valence-electron chi connectivity index (χ3n) is 4.75. The molecule has 1 unspecified atom stereocenters. The molecule has 0 amide bonds. The monoisotopic (exact) mass is 269 g/mol. The van der Waals surface area contributed by atoms with Gasteiger partial charge in [0.25, 0.3) is 0 Å². The van der Waals surface area contributed by atoms with Crippen LogP contribution in [0.3, 0.4) is 0 Å². The van der Waals surface area contributed by atoms with Crippen LogP contribution >= 0.6 is 0 Å². The maximum absolute atomic E-state index is 3.78. The van der Waals surface area contributed by atoms with E-state index in [9.17, 15) is 0 Å². The van der Waals surface area contributed by atoms with Gasteiger partial charge in [-0.2, -0.15) is 0 Å². The first kappa shape index (κ1) is 13.9. The minimum absolute atomic E-state index is 0.459. The van der Waals surface area contributed by atoms with Crippen LogP contribution in [0, 0.1) is 0 Å². The molecule has 0 fully saturated rings. The Morgan fingerprint density at radius 2 is 1.95 bits per heavy atom. The Morgan fingerprint density at radius 3 is 2.75 bits per heavy atom. The van der Waals surface area contributed by atoms with Gasteiger partial charge in [0.15, 0.2) is 0 Å². The van der Waals surface area contributed by atoms with E-state index >= 15 is 0 Å². The van der Waals surface area contributed by atoms with Gasteiger partial charge in [-0.25, -0.2) is 0 Å². The Hall–Kier alpha value is -1.08. The van der Waals surface area contributed by atoms with E-state index in [0.717, 1.165) is 6.54 Å². The average Bonchev–Trinajstić information content (AvgIpc) is 2.96. The van der Waals surface area contributed by atoms with Gasteiger partial charge in [-0.1, -0.05) is 36.8 Å². The number of rotatable bonds is 5. The number of allylic oxidation sites excluding steroid dienone is 1. The molecule has 20 heavy (non-hydrogen) atoms. The van der Waals surface area contributed by atoms with Crippen molar-refractivity contribution in [3.63, 3.8) is 0 Å². The molecule has 0 heterocycles. The van der Waals surface area contributed by atoms with Crippen molar-refractivity contribution in [1.29, 1.82) is 0 Å². The molecule has 1 N–H and O–H groups in total. The van der Waals surface area contributed by atoms with Gasteiger partial charge in [0, 0.05) is 0 Å². The van der Waals surface area contributed by atoms with Gasteiger partial charge in [0.2, 0.25) is 0 Å². The Kier molecular flexibility index (Phi) is 4.57. The highest BCUT2D eigenvalue weighted by Crippen LogP contribution is 2.32. The molecule has 1 aromatic rings. The van der Waals surface area contributed by atoms with Crippen molar-refractivity contribution >= 4 is 0 Å². The molecule has 108 valence electrons. The zero-order valence-electron chi connectivity index (χ0n) is 12.8. The summed E-state index contributed by atoms with van der Waals surface area (Å²) in [7, 11) is 0. The summed E-state index contributed by atoms with van der Waals surface area (Å²) in [5.74, 6) is 0. The molecule has 0 saturated heterocycles. The van der Waals surface area contributed by atoms with Crippen molar-refractivity contribution in [3.8, 4) is 0 Å². The van der Waals surface area contributed by atoms with E-state index in [1.54, 1.807) is 16.7 Å². The largest absolute Gasteiger partial charge is 0.307 e. The van der Waals surface area contributed by atoms with Crippen molar-refractivity contribution in [1.82, 2.24) is 5.32 Å². The maximum Gasteiger partial charge on any atom is 0.0536 e. The van der Waals surface area contributed by atoms with Crippen molar-refractivity contribution in [2.75, 3.05) is 6.54 Å². The van der Waals surface area contributed by atoms with E-state index in [-0.39, 0.29) is 0 Å². The molecular weight excluding hydrogens is 242 g/mol. The standard InChI is InChI=1S/C19H27N/c1-2-13-20-19(16-7-4-3-5-8-16)18-12-11-15-9-6-10-17(15)14-18/h7,11-12,14,19-20H,2-6,8-10,13H2,1H3. The number of nitrogens with one attached hydrogen (secondary N) is 1. The Balaban J connectivity index is 1.86. The summed E-state index contributed by atoms with van der Waals surface area (Å²) in [6, 6.07) is 7.68. The summed E-state index contributed by atoms with van der Waals surface area (Å²) >= 11 is 0. The van der Waals surface area contributed by atoms with Gasteiger partial charge in [0.1, 0.15) is 0 Å². The lowest BCUT2D eigenvalue weighted by Gasteiger charge is -2.25. The van der Waals surface area contributed by atoms with Crippen LogP contribution in [0.4, 0.5) is 0 Å². The van der Waals surface area contributed by atoms with Crippen molar-refractivity contribution in [2.45, 2.75) is 64.3 Å². The van der Waals surface area contributed by atoms with Crippen molar-refractivity contribution < 1.29 is 0 Å². The highest BCUT2D eigenvalue weighted by Gasteiger charge is 2.19. The Labute approximate surface area is 123 Å². The summed E-state index contributed by atoms with van der Waals surface area (Å²) in [6.07, 6.45) is 12.9. The van der Waals surface area contributed by atoms with E-state index in [4.69, 9.17) is 0 Å². The van der Waals surface area contributed by atoms with Crippen LogP contribution in [-0.2, 0) is 12.8 Å². The Bertz CT molecular complexity index is 487. The molecule has 0 aromatic heterocycles. The van der Waals surface area contributed by atoms with E-state index in [1.807, 2.05) is 0 Å². The second-order valence-corrected chi connectivity index (χ2v) is 6.29. The van der Waals surface area contributed by atoms with E-state index < -0.39 is 0 Å². The molecule has 1 aromatic carbocycles. The molecule has 1 nitrogen and oxygen atoms in total. The van der Waals surface area contributed by atoms with Gasteiger partial charge in [-0.05, 0) is 74.6 Å². The van der Waals surface area contributed by atoms with Crippen LogP contribution in [0.5, 0.6) is 0 Å². The maximum atomic E-state index is 3.78. The summed E-state index contributed by atoms with van der Waals surface area (Å²) in [5.41, 5.74) is 6.30. The van der Waals surface area contributed by atoms with E-state index in [2.05, 4.69) is 36.5 Å². The van der Waals surface area contributed by atoms with Crippen molar-refractivity contribution in [2.24, 2.45) is 0 Å². The number of hydrogen-bond acceptors (Lipinski definition) is 1. The third kappa shape index (κ3) is 2.98. The fourth-order valence-electron chi connectivity index (χ4n) is 3.65. The van der Waals surface area contributed by atoms with Gasteiger partial charge in [-0.15, -0.1) is 0 Å². The molecule has 2 aliphatic rings. The lowest BCUT2D eigenvalue weighted by Crippen LogP contribution is -2.25. The minimum atomic E-state index is 0.459.